The molecule has 1 rings (SSSR count). The Morgan fingerprint density at radius 2 is 1.82 bits per heavy atom. The fourth-order valence-electron chi connectivity index (χ4n) is 2.22. The Morgan fingerprint density at radius 3 is 2.32 bits per heavy atom. The van der Waals surface area contributed by atoms with Crippen molar-refractivity contribution in [1.82, 2.24) is 10.6 Å². The Hall–Kier alpha value is -2.59. The van der Waals surface area contributed by atoms with E-state index in [-0.39, 0.29) is 22.4 Å². The number of ether oxygens (including phenoxy) is 1. The van der Waals surface area contributed by atoms with Crippen LogP contribution >= 0.6 is 11.6 Å². The van der Waals surface area contributed by atoms with Gasteiger partial charge in [-0.1, -0.05) is 51.4 Å². The first-order valence-electron chi connectivity index (χ1n) is 8.96. The normalized spacial score (nSPS) is 14.0. The maximum Gasteiger partial charge on any atom is 0.329 e. The SMILES string of the molecule is CC(C)[C@H](NC(=O)c1ccccc1Cl)C(=O)OCC(=O)N[C@@](C)(C#N)C(C)C. The van der Waals surface area contributed by atoms with Gasteiger partial charge < -0.3 is 15.4 Å². The summed E-state index contributed by atoms with van der Waals surface area (Å²) in [6.45, 7) is 8.13. The molecule has 0 saturated heterocycles. The number of halogens is 1. The molecule has 0 aliphatic carbocycles. The lowest BCUT2D eigenvalue weighted by Crippen LogP contribution is -2.51. The molecule has 0 unspecified atom stereocenters. The van der Waals surface area contributed by atoms with Gasteiger partial charge in [-0.2, -0.15) is 5.26 Å². The van der Waals surface area contributed by atoms with Crippen molar-refractivity contribution in [2.75, 3.05) is 6.61 Å². The molecule has 0 aromatic heterocycles. The monoisotopic (exact) mass is 407 g/mol. The van der Waals surface area contributed by atoms with Crippen molar-refractivity contribution in [3.05, 3.63) is 34.9 Å². The van der Waals surface area contributed by atoms with E-state index in [0.717, 1.165) is 0 Å². The highest BCUT2D eigenvalue weighted by Gasteiger charge is 2.31. The molecule has 2 N–H and O–H groups in total. The maximum absolute atomic E-state index is 12.4. The second-order valence-corrected chi connectivity index (χ2v) is 7.71. The molecule has 7 nitrogen and oxygen atoms in total. The number of hydrogen-bond donors (Lipinski definition) is 2. The van der Waals surface area contributed by atoms with Gasteiger partial charge in [-0.05, 0) is 30.9 Å². The molecule has 0 aliphatic heterocycles. The highest BCUT2D eigenvalue weighted by Crippen LogP contribution is 2.16. The van der Waals surface area contributed by atoms with Crippen molar-refractivity contribution in [3.8, 4) is 6.07 Å². The summed E-state index contributed by atoms with van der Waals surface area (Å²) in [7, 11) is 0. The highest BCUT2D eigenvalue weighted by molar-refractivity contribution is 6.33. The number of nitriles is 1. The molecule has 0 radical (unpaired) electrons. The van der Waals surface area contributed by atoms with Crippen molar-refractivity contribution in [3.63, 3.8) is 0 Å². The van der Waals surface area contributed by atoms with Gasteiger partial charge in [0.1, 0.15) is 11.6 Å². The minimum Gasteiger partial charge on any atom is -0.454 e. The number of amides is 2. The van der Waals surface area contributed by atoms with Gasteiger partial charge in [-0.15, -0.1) is 0 Å². The van der Waals surface area contributed by atoms with E-state index in [9.17, 15) is 19.6 Å². The lowest BCUT2D eigenvalue weighted by Gasteiger charge is -2.27. The second-order valence-electron chi connectivity index (χ2n) is 7.30. The van der Waals surface area contributed by atoms with Gasteiger partial charge in [0.2, 0.25) is 0 Å². The van der Waals surface area contributed by atoms with Crippen LogP contribution in [0.15, 0.2) is 24.3 Å². The molecule has 2 amide bonds. The zero-order valence-electron chi connectivity index (χ0n) is 16.7. The van der Waals surface area contributed by atoms with Crippen LogP contribution in [-0.2, 0) is 14.3 Å². The Kier molecular flexibility index (Phi) is 8.45. The quantitative estimate of drug-likeness (QED) is 0.644. The predicted molar refractivity (Wildman–Crippen MR) is 106 cm³/mol. The minimum atomic E-state index is -1.07. The molecule has 0 bridgehead atoms. The number of esters is 1. The molecule has 8 heteroatoms. The van der Waals surface area contributed by atoms with Crippen LogP contribution in [0.2, 0.25) is 5.02 Å². The second kappa shape index (κ2) is 10.1. The number of carbonyl (C=O) groups is 3. The molecule has 0 heterocycles. The van der Waals surface area contributed by atoms with Gasteiger partial charge in [-0.3, -0.25) is 9.59 Å². The Labute approximate surface area is 170 Å². The molecule has 28 heavy (non-hydrogen) atoms. The number of carbonyl (C=O) groups excluding carboxylic acids is 3. The van der Waals surface area contributed by atoms with Gasteiger partial charge in [0.15, 0.2) is 6.61 Å². The fraction of sp³-hybridized carbons (Fsp3) is 0.500. The van der Waals surface area contributed by atoms with Crippen LogP contribution in [0, 0.1) is 23.2 Å². The van der Waals surface area contributed by atoms with Crippen LogP contribution in [0.4, 0.5) is 0 Å². The van der Waals surface area contributed by atoms with E-state index >= 15 is 0 Å². The lowest BCUT2D eigenvalue weighted by atomic mass is 9.90. The molecule has 152 valence electrons. The largest absolute Gasteiger partial charge is 0.454 e. The van der Waals surface area contributed by atoms with Crippen LogP contribution in [0.25, 0.3) is 0 Å². The van der Waals surface area contributed by atoms with Gasteiger partial charge in [0, 0.05) is 0 Å². The molecule has 0 aliphatic rings. The summed E-state index contributed by atoms with van der Waals surface area (Å²) in [5.41, 5.74) is -0.832. The molecule has 0 saturated carbocycles. The van der Waals surface area contributed by atoms with Crippen LogP contribution in [0.1, 0.15) is 45.0 Å². The number of benzene rings is 1. The summed E-state index contributed by atoms with van der Waals surface area (Å²) < 4.78 is 5.06. The van der Waals surface area contributed by atoms with Crippen LogP contribution < -0.4 is 10.6 Å². The third kappa shape index (κ3) is 6.24. The third-order valence-electron chi connectivity index (χ3n) is 4.46. The molecule has 0 fully saturated rings. The molecular weight excluding hydrogens is 382 g/mol. The summed E-state index contributed by atoms with van der Waals surface area (Å²) in [6, 6.07) is 7.56. The molecule has 0 spiro atoms. The van der Waals surface area contributed by atoms with Crippen molar-refractivity contribution >= 4 is 29.4 Å². The number of rotatable bonds is 8. The van der Waals surface area contributed by atoms with Gasteiger partial charge in [0.25, 0.3) is 11.8 Å². The third-order valence-corrected chi connectivity index (χ3v) is 4.79. The molecular formula is C20H26ClN3O4. The Morgan fingerprint density at radius 1 is 1.21 bits per heavy atom. The fourth-order valence-corrected chi connectivity index (χ4v) is 2.44. The molecule has 1 aromatic rings. The first-order chi connectivity index (χ1) is 13.0. The summed E-state index contributed by atoms with van der Waals surface area (Å²) in [5.74, 6) is -2.25. The van der Waals surface area contributed by atoms with Gasteiger partial charge >= 0.3 is 5.97 Å². The Bertz CT molecular complexity index is 773. The van der Waals surface area contributed by atoms with E-state index in [1.54, 1.807) is 58.9 Å². The van der Waals surface area contributed by atoms with Crippen LogP contribution in [0.5, 0.6) is 0 Å². The van der Waals surface area contributed by atoms with Gasteiger partial charge in [-0.25, -0.2) is 4.79 Å². The van der Waals surface area contributed by atoms with E-state index in [1.165, 1.54) is 0 Å². The van der Waals surface area contributed by atoms with Crippen molar-refractivity contribution in [2.45, 2.75) is 46.2 Å². The van der Waals surface area contributed by atoms with Crippen molar-refractivity contribution in [2.24, 2.45) is 11.8 Å². The highest BCUT2D eigenvalue weighted by atomic mass is 35.5. The summed E-state index contributed by atoms with van der Waals surface area (Å²) in [5, 5.41) is 14.7. The van der Waals surface area contributed by atoms with Gasteiger partial charge in [0.05, 0.1) is 16.7 Å². The van der Waals surface area contributed by atoms with E-state index in [1.807, 2.05) is 6.07 Å². The topological polar surface area (TPSA) is 108 Å². The Balaban J connectivity index is 2.73. The van der Waals surface area contributed by atoms with E-state index in [0.29, 0.717) is 0 Å². The zero-order chi connectivity index (χ0) is 21.5. The maximum atomic E-state index is 12.4. The molecule has 1 aromatic carbocycles. The molecule has 2 atom stereocenters. The average molecular weight is 408 g/mol. The number of nitrogens with one attached hydrogen (secondary N) is 2. The minimum absolute atomic E-state index is 0.129. The summed E-state index contributed by atoms with van der Waals surface area (Å²) >= 11 is 6.01. The summed E-state index contributed by atoms with van der Waals surface area (Å²) in [6.07, 6.45) is 0. The summed E-state index contributed by atoms with van der Waals surface area (Å²) in [4.78, 5) is 36.9. The van der Waals surface area contributed by atoms with Crippen LogP contribution in [0.3, 0.4) is 0 Å². The predicted octanol–water partition coefficient (Wildman–Crippen LogP) is 2.69. The van der Waals surface area contributed by atoms with Crippen LogP contribution in [-0.4, -0.2) is 36.0 Å². The number of nitrogens with zero attached hydrogens (tertiary/aromatic N) is 1. The smallest absolute Gasteiger partial charge is 0.329 e. The standard InChI is InChI=1S/C20H26ClN3O4/c1-12(2)17(23-18(26)14-8-6-7-9-15(14)21)19(27)28-10-16(25)24-20(5,11-22)13(3)4/h6-9,12-13,17H,10H2,1-5H3,(H,23,26)(H,24,25)/t17-,20-/m0/s1. The first-order valence-corrected chi connectivity index (χ1v) is 9.34. The van der Waals surface area contributed by atoms with Crippen molar-refractivity contribution < 1.29 is 19.1 Å². The zero-order valence-corrected chi connectivity index (χ0v) is 17.5. The van der Waals surface area contributed by atoms with E-state index < -0.39 is 36.0 Å². The average Bonchev–Trinajstić information content (AvgIpc) is 2.63. The van der Waals surface area contributed by atoms with E-state index in [4.69, 9.17) is 16.3 Å². The lowest BCUT2D eigenvalue weighted by molar-refractivity contribution is -0.151. The number of hydrogen-bond acceptors (Lipinski definition) is 5. The van der Waals surface area contributed by atoms with E-state index in [2.05, 4.69) is 10.6 Å². The first kappa shape index (κ1) is 23.4. The van der Waals surface area contributed by atoms with Crippen molar-refractivity contribution in [1.29, 1.82) is 5.26 Å².